The summed E-state index contributed by atoms with van der Waals surface area (Å²) >= 11 is 0. The van der Waals surface area contributed by atoms with Crippen molar-refractivity contribution in [3.63, 3.8) is 0 Å². The topological polar surface area (TPSA) is 76.1 Å². The number of benzene rings is 3. The van der Waals surface area contributed by atoms with E-state index in [1.165, 1.54) is 24.3 Å². The zero-order valence-electron chi connectivity index (χ0n) is 17.1. The second kappa shape index (κ2) is 8.73. The van der Waals surface area contributed by atoms with E-state index in [4.69, 9.17) is 4.74 Å². The third-order valence-corrected chi connectivity index (χ3v) is 4.50. The van der Waals surface area contributed by atoms with E-state index in [1.54, 1.807) is 31.3 Å². The molecule has 4 rings (SSSR count). The Balaban J connectivity index is 1.44. The molecule has 2 N–H and O–H groups in total. The van der Waals surface area contributed by atoms with Gasteiger partial charge in [0.1, 0.15) is 5.75 Å². The summed E-state index contributed by atoms with van der Waals surface area (Å²) in [6, 6.07) is 12.0. The van der Waals surface area contributed by atoms with Gasteiger partial charge in [-0.3, -0.25) is 4.98 Å². The summed E-state index contributed by atoms with van der Waals surface area (Å²) in [6.45, 7) is 1.80. The van der Waals surface area contributed by atoms with Gasteiger partial charge in [-0.25, -0.2) is 14.2 Å². The summed E-state index contributed by atoms with van der Waals surface area (Å²) in [4.78, 5) is 20.7. The first-order valence-corrected chi connectivity index (χ1v) is 9.63. The predicted octanol–water partition coefficient (Wildman–Crippen LogP) is 6.53. The first kappa shape index (κ1) is 22.0. The van der Waals surface area contributed by atoms with Crippen molar-refractivity contribution in [3.05, 3.63) is 83.9 Å². The van der Waals surface area contributed by atoms with Gasteiger partial charge in [0.05, 0.1) is 22.3 Å². The Bertz CT molecular complexity index is 1340. The largest absolute Gasteiger partial charge is 0.454 e. The monoisotopic (exact) mass is 456 g/mol. The molecule has 0 fully saturated rings. The minimum Gasteiger partial charge on any atom is -0.454 e. The van der Waals surface area contributed by atoms with Crippen molar-refractivity contribution < 1.29 is 27.1 Å². The molecule has 1 aromatic heterocycles. The fraction of sp³-hybridized carbons (Fsp3) is 0.0870. The number of urea groups is 1. The van der Waals surface area contributed by atoms with Gasteiger partial charge >= 0.3 is 12.2 Å². The average Bonchev–Trinajstić information content (AvgIpc) is 2.75. The molecule has 0 aliphatic rings. The highest BCUT2D eigenvalue weighted by Crippen LogP contribution is 2.31. The molecule has 0 aliphatic carbocycles. The molecular formula is C23H16F4N4O2. The maximum atomic E-state index is 14.5. The number of rotatable bonds is 4. The normalized spacial score (nSPS) is 11.3. The van der Waals surface area contributed by atoms with Crippen molar-refractivity contribution in [1.82, 2.24) is 9.97 Å². The third-order valence-electron chi connectivity index (χ3n) is 4.50. The van der Waals surface area contributed by atoms with Crippen molar-refractivity contribution >= 4 is 28.4 Å². The number of hydrogen-bond donors (Lipinski definition) is 2. The zero-order valence-corrected chi connectivity index (χ0v) is 17.1. The third kappa shape index (κ3) is 5.35. The lowest BCUT2D eigenvalue weighted by molar-refractivity contribution is -0.137. The van der Waals surface area contributed by atoms with Gasteiger partial charge < -0.3 is 15.4 Å². The summed E-state index contributed by atoms with van der Waals surface area (Å²) in [6.07, 6.45) is -2.90. The fourth-order valence-electron chi connectivity index (χ4n) is 3.00. The van der Waals surface area contributed by atoms with Crippen LogP contribution in [0.4, 0.5) is 33.7 Å². The molecule has 0 spiro atoms. The maximum Gasteiger partial charge on any atom is 0.416 e. The Morgan fingerprint density at radius 2 is 1.70 bits per heavy atom. The number of alkyl halides is 3. The molecular weight excluding hydrogens is 440 g/mol. The number of halogens is 4. The SMILES string of the molecule is Cc1cnc2ccc(Oc3ccc(NC(=O)Nc4cccc(C(F)(F)F)c4)cc3F)cc2n1. The highest BCUT2D eigenvalue weighted by atomic mass is 19.4. The molecule has 0 unspecified atom stereocenters. The van der Waals surface area contributed by atoms with Crippen LogP contribution in [0.3, 0.4) is 0 Å². The molecule has 0 bridgehead atoms. The average molecular weight is 456 g/mol. The predicted molar refractivity (Wildman–Crippen MR) is 115 cm³/mol. The fourth-order valence-corrected chi connectivity index (χ4v) is 3.00. The molecule has 0 saturated carbocycles. The number of anilines is 2. The molecule has 2 amide bonds. The zero-order chi connectivity index (χ0) is 23.6. The molecule has 10 heteroatoms. The Morgan fingerprint density at radius 1 is 0.939 bits per heavy atom. The number of hydrogen-bond acceptors (Lipinski definition) is 4. The van der Waals surface area contributed by atoms with Crippen molar-refractivity contribution in [2.24, 2.45) is 0 Å². The number of fused-ring (bicyclic) bond motifs is 1. The summed E-state index contributed by atoms with van der Waals surface area (Å²) in [5.74, 6) is -0.481. The summed E-state index contributed by atoms with van der Waals surface area (Å²) < 4.78 is 58.5. The van der Waals surface area contributed by atoms with E-state index in [2.05, 4.69) is 20.6 Å². The van der Waals surface area contributed by atoms with Gasteiger partial charge in [0, 0.05) is 29.7 Å². The van der Waals surface area contributed by atoms with E-state index in [9.17, 15) is 22.4 Å². The minimum absolute atomic E-state index is 0.0580. The molecule has 0 saturated heterocycles. The van der Waals surface area contributed by atoms with E-state index in [0.29, 0.717) is 16.8 Å². The lowest BCUT2D eigenvalue weighted by Gasteiger charge is -2.12. The smallest absolute Gasteiger partial charge is 0.416 e. The quantitative estimate of drug-likeness (QED) is 0.342. The van der Waals surface area contributed by atoms with Crippen molar-refractivity contribution in [2.45, 2.75) is 13.1 Å². The van der Waals surface area contributed by atoms with Gasteiger partial charge in [-0.05, 0) is 49.4 Å². The van der Waals surface area contributed by atoms with Crippen LogP contribution in [0.1, 0.15) is 11.3 Å². The van der Waals surface area contributed by atoms with Crippen molar-refractivity contribution in [2.75, 3.05) is 10.6 Å². The molecule has 168 valence electrons. The molecule has 0 aliphatic heterocycles. The van der Waals surface area contributed by atoms with Gasteiger partial charge in [0.15, 0.2) is 11.6 Å². The van der Waals surface area contributed by atoms with E-state index < -0.39 is 23.6 Å². The van der Waals surface area contributed by atoms with Crippen LogP contribution in [-0.4, -0.2) is 16.0 Å². The van der Waals surface area contributed by atoms with Gasteiger partial charge in [-0.1, -0.05) is 6.07 Å². The Hall–Kier alpha value is -4.21. The van der Waals surface area contributed by atoms with Crippen molar-refractivity contribution in [3.8, 4) is 11.5 Å². The number of nitrogens with one attached hydrogen (secondary N) is 2. The highest BCUT2D eigenvalue weighted by Gasteiger charge is 2.30. The molecule has 6 nitrogen and oxygen atoms in total. The first-order chi connectivity index (χ1) is 15.7. The second-order valence-corrected chi connectivity index (χ2v) is 7.07. The number of aromatic nitrogens is 2. The van der Waals surface area contributed by atoms with Gasteiger partial charge in [-0.2, -0.15) is 13.2 Å². The van der Waals surface area contributed by atoms with Gasteiger partial charge in [0.2, 0.25) is 0 Å². The van der Waals surface area contributed by atoms with Crippen molar-refractivity contribution in [1.29, 1.82) is 0 Å². The van der Waals surface area contributed by atoms with E-state index >= 15 is 0 Å². The second-order valence-electron chi connectivity index (χ2n) is 7.07. The van der Waals surface area contributed by atoms with Crippen LogP contribution < -0.4 is 15.4 Å². The number of amides is 2. The van der Waals surface area contributed by atoms with Crippen LogP contribution in [0.2, 0.25) is 0 Å². The van der Waals surface area contributed by atoms with E-state index in [1.807, 2.05) is 0 Å². The highest BCUT2D eigenvalue weighted by molar-refractivity contribution is 5.99. The van der Waals surface area contributed by atoms with Gasteiger partial charge in [0.25, 0.3) is 0 Å². The minimum atomic E-state index is -4.54. The van der Waals surface area contributed by atoms with Crippen LogP contribution >= 0.6 is 0 Å². The summed E-state index contributed by atoms with van der Waals surface area (Å²) in [5.41, 5.74) is 1.12. The van der Waals surface area contributed by atoms with Crippen LogP contribution in [0.25, 0.3) is 11.0 Å². The molecule has 33 heavy (non-hydrogen) atoms. The molecule has 1 heterocycles. The standard InChI is InChI=1S/C23H16F4N4O2/c1-13-12-28-19-7-6-17(11-20(19)29-13)33-21-8-5-16(10-18(21)24)31-22(32)30-15-4-2-3-14(9-15)23(25,26)27/h2-12H,1H3,(H2,30,31,32). The number of ether oxygens (including phenoxy) is 1. The first-order valence-electron chi connectivity index (χ1n) is 9.63. The number of nitrogens with zero attached hydrogens (tertiary/aromatic N) is 2. The van der Waals surface area contributed by atoms with Crippen LogP contribution in [-0.2, 0) is 6.18 Å². The molecule has 3 aromatic carbocycles. The number of aryl methyl sites for hydroxylation is 1. The van der Waals surface area contributed by atoms with E-state index in [-0.39, 0.29) is 17.1 Å². The van der Waals surface area contributed by atoms with Crippen LogP contribution in [0.15, 0.2) is 66.9 Å². The number of carbonyl (C=O) groups excluding carboxylic acids is 1. The molecule has 4 aromatic rings. The summed E-state index contributed by atoms with van der Waals surface area (Å²) in [5, 5.41) is 4.65. The Labute approximate surface area is 185 Å². The molecule has 0 atom stereocenters. The van der Waals surface area contributed by atoms with E-state index in [0.717, 1.165) is 23.9 Å². The number of carbonyl (C=O) groups is 1. The lowest BCUT2D eigenvalue weighted by atomic mass is 10.2. The van der Waals surface area contributed by atoms with Gasteiger partial charge in [-0.15, -0.1) is 0 Å². The lowest BCUT2D eigenvalue weighted by Crippen LogP contribution is -2.20. The van der Waals surface area contributed by atoms with Crippen LogP contribution in [0.5, 0.6) is 11.5 Å². The maximum absolute atomic E-state index is 14.5. The molecule has 0 radical (unpaired) electrons. The van der Waals surface area contributed by atoms with Crippen LogP contribution in [0, 0.1) is 12.7 Å². The Kier molecular flexibility index (Phi) is 5.82. The Morgan fingerprint density at radius 3 is 2.42 bits per heavy atom. The summed E-state index contributed by atoms with van der Waals surface area (Å²) in [7, 11) is 0.